The number of hydrogen-bond donors (Lipinski definition) is 1. The molecule has 1 saturated heterocycles. The summed E-state index contributed by atoms with van der Waals surface area (Å²) in [4.78, 5) is 18.0. The van der Waals surface area contributed by atoms with E-state index >= 15 is 0 Å². The van der Waals surface area contributed by atoms with E-state index in [9.17, 15) is 0 Å². The first kappa shape index (κ1) is 19.6. The Bertz CT molecular complexity index is 1260. The number of piperazine rings is 1. The summed E-state index contributed by atoms with van der Waals surface area (Å²) in [5, 5.41) is 8.60. The third-order valence-corrected chi connectivity index (χ3v) is 5.76. The first-order chi connectivity index (χ1) is 15.2. The highest BCUT2D eigenvalue weighted by molar-refractivity contribution is 7.71. The van der Waals surface area contributed by atoms with Crippen LogP contribution in [-0.4, -0.2) is 65.6 Å². The van der Waals surface area contributed by atoms with Gasteiger partial charge in [-0.3, -0.25) is 14.7 Å². The van der Waals surface area contributed by atoms with Crippen molar-refractivity contribution in [2.75, 3.05) is 31.1 Å². The Labute approximate surface area is 184 Å². The minimum Gasteiger partial charge on any atom is -0.353 e. The van der Waals surface area contributed by atoms with Gasteiger partial charge in [0.25, 0.3) is 0 Å². The van der Waals surface area contributed by atoms with Crippen LogP contribution in [0.2, 0.25) is 0 Å². The van der Waals surface area contributed by atoms with E-state index in [0.717, 1.165) is 54.4 Å². The molecular formula is C21H23N9S. The maximum Gasteiger partial charge on any atom is 0.217 e. The number of hydrogen-bond acceptors (Lipinski definition) is 7. The molecule has 158 valence electrons. The van der Waals surface area contributed by atoms with Gasteiger partial charge >= 0.3 is 0 Å². The Morgan fingerprint density at radius 3 is 2.68 bits per heavy atom. The fraction of sp³-hybridized carbons (Fsp3) is 0.286. The van der Waals surface area contributed by atoms with E-state index in [1.165, 1.54) is 0 Å². The predicted octanol–water partition coefficient (Wildman–Crippen LogP) is 2.57. The van der Waals surface area contributed by atoms with Crippen LogP contribution in [0.4, 0.5) is 5.82 Å². The number of nitrogens with one attached hydrogen (secondary N) is 1. The van der Waals surface area contributed by atoms with E-state index in [-0.39, 0.29) is 0 Å². The molecule has 0 unspecified atom stereocenters. The van der Waals surface area contributed by atoms with Crippen LogP contribution in [0.3, 0.4) is 0 Å². The molecule has 9 nitrogen and oxygen atoms in total. The molecule has 3 aromatic heterocycles. The first-order valence-electron chi connectivity index (χ1n) is 10.2. The predicted molar refractivity (Wildman–Crippen MR) is 123 cm³/mol. The molecule has 1 N–H and O–H groups in total. The molecule has 0 atom stereocenters. The molecule has 0 spiro atoms. The molecule has 0 radical (unpaired) electrons. The lowest BCUT2D eigenvalue weighted by atomic mass is 10.2. The molecule has 1 aliphatic rings. The zero-order valence-corrected chi connectivity index (χ0v) is 18.0. The van der Waals surface area contributed by atoms with Crippen molar-refractivity contribution in [1.29, 1.82) is 0 Å². The molecule has 4 heterocycles. The van der Waals surface area contributed by atoms with Gasteiger partial charge in [0.1, 0.15) is 18.0 Å². The highest BCUT2D eigenvalue weighted by Gasteiger charge is 2.21. The second kappa shape index (κ2) is 8.40. The second-order valence-corrected chi connectivity index (χ2v) is 7.88. The molecule has 5 rings (SSSR count). The fourth-order valence-corrected chi connectivity index (χ4v) is 3.99. The number of fused-ring (bicyclic) bond motifs is 1. The van der Waals surface area contributed by atoms with Gasteiger partial charge in [-0.25, -0.2) is 14.6 Å². The normalized spacial score (nSPS) is 15.3. The summed E-state index contributed by atoms with van der Waals surface area (Å²) in [5.41, 5.74) is 1.98. The lowest BCUT2D eigenvalue weighted by molar-refractivity contribution is 0.194. The zero-order chi connectivity index (χ0) is 21.2. The van der Waals surface area contributed by atoms with Gasteiger partial charge in [0.2, 0.25) is 4.77 Å². The molecule has 0 amide bonds. The van der Waals surface area contributed by atoms with Crippen LogP contribution >= 0.6 is 12.2 Å². The van der Waals surface area contributed by atoms with Crippen molar-refractivity contribution >= 4 is 41.2 Å². The first-order valence-corrected chi connectivity index (χ1v) is 10.6. The molecule has 1 aliphatic heterocycles. The summed E-state index contributed by atoms with van der Waals surface area (Å²) < 4.78 is 4.25. The number of anilines is 1. The molecule has 0 saturated carbocycles. The SMILES string of the molecule is Cn1ncc2c(N3CCN(Cn4[nH]c(/C=C/c5ccccc5)nc4=S)CC3)ncnc21. The fourth-order valence-electron chi connectivity index (χ4n) is 3.79. The summed E-state index contributed by atoms with van der Waals surface area (Å²) in [5.74, 6) is 1.71. The van der Waals surface area contributed by atoms with E-state index in [1.54, 1.807) is 11.0 Å². The molecular weight excluding hydrogens is 410 g/mol. The summed E-state index contributed by atoms with van der Waals surface area (Å²) in [6.07, 6.45) is 7.43. The van der Waals surface area contributed by atoms with Crippen LogP contribution in [0, 0.1) is 4.77 Å². The lowest BCUT2D eigenvalue weighted by Gasteiger charge is -2.35. The topological polar surface area (TPSA) is 83.7 Å². The molecule has 1 fully saturated rings. The van der Waals surface area contributed by atoms with Gasteiger partial charge < -0.3 is 4.90 Å². The van der Waals surface area contributed by atoms with Crippen LogP contribution < -0.4 is 4.90 Å². The van der Waals surface area contributed by atoms with Gasteiger partial charge in [0, 0.05) is 33.2 Å². The number of H-pyrrole nitrogens is 1. The average molecular weight is 434 g/mol. The largest absolute Gasteiger partial charge is 0.353 e. The Morgan fingerprint density at radius 1 is 1.06 bits per heavy atom. The molecule has 1 aromatic carbocycles. The van der Waals surface area contributed by atoms with Crippen molar-refractivity contribution in [2.24, 2.45) is 7.05 Å². The van der Waals surface area contributed by atoms with Crippen LogP contribution in [0.1, 0.15) is 11.4 Å². The lowest BCUT2D eigenvalue weighted by Crippen LogP contribution is -2.47. The number of aromatic nitrogens is 7. The Kier molecular flexibility index (Phi) is 5.31. The monoisotopic (exact) mass is 433 g/mol. The third kappa shape index (κ3) is 4.12. The number of aryl methyl sites for hydroxylation is 1. The zero-order valence-electron chi connectivity index (χ0n) is 17.2. The van der Waals surface area contributed by atoms with Crippen molar-refractivity contribution in [2.45, 2.75) is 6.67 Å². The quantitative estimate of drug-likeness (QED) is 0.484. The van der Waals surface area contributed by atoms with Crippen LogP contribution in [0.5, 0.6) is 0 Å². The number of nitrogens with zero attached hydrogens (tertiary/aromatic N) is 8. The molecule has 0 bridgehead atoms. The Morgan fingerprint density at radius 2 is 1.87 bits per heavy atom. The third-order valence-electron chi connectivity index (χ3n) is 5.45. The van der Waals surface area contributed by atoms with Crippen molar-refractivity contribution in [1.82, 2.24) is 39.4 Å². The van der Waals surface area contributed by atoms with Crippen LogP contribution in [-0.2, 0) is 13.7 Å². The summed E-state index contributed by atoms with van der Waals surface area (Å²) in [6, 6.07) is 10.1. The van der Waals surface area contributed by atoms with Gasteiger partial charge in [0.05, 0.1) is 18.3 Å². The van der Waals surface area contributed by atoms with E-state index in [4.69, 9.17) is 12.2 Å². The van der Waals surface area contributed by atoms with Crippen molar-refractivity contribution < 1.29 is 0 Å². The van der Waals surface area contributed by atoms with E-state index < -0.39 is 0 Å². The molecule has 4 aromatic rings. The standard InChI is InChI=1S/C21H23N9S/c1-27-19-17(13-24-27)20(23-14-22-19)29-11-9-28(10-12-29)15-30-21(31)25-18(26-30)8-7-16-5-3-2-4-6-16/h2-8,13-14H,9-12,15H2,1H3,(H,25,26,31)/b8-7+. The Balaban J connectivity index is 1.23. The minimum atomic E-state index is 0.558. The van der Waals surface area contributed by atoms with E-state index in [1.807, 2.05) is 48.3 Å². The van der Waals surface area contributed by atoms with Crippen molar-refractivity contribution in [3.8, 4) is 0 Å². The maximum atomic E-state index is 5.45. The van der Waals surface area contributed by atoms with Gasteiger partial charge in [0.15, 0.2) is 5.65 Å². The van der Waals surface area contributed by atoms with Crippen molar-refractivity contribution in [3.05, 3.63) is 59.0 Å². The van der Waals surface area contributed by atoms with E-state index in [2.05, 4.69) is 47.1 Å². The summed E-state index contributed by atoms with van der Waals surface area (Å²) in [6.45, 7) is 4.25. The number of benzene rings is 1. The molecule has 10 heteroatoms. The van der Waals surface area contributed by atoms with E-state index in [0.29, 0.717) is 11.4 Å². The maximum absolute atomic E-state index is 5.45. The van der Waals surface area contributed by atoms with Gasteiger partial charge in [-0.15, -0.1) is 0 Å². The highest BCUT2D eigenvalue weighted by Crippen LogP contribution is 2.23. The van der Waals surface area contributed by atoms with Crippen LogP contribution in [0.15, 0.2) is 42.9 Å². The molecule has 31 heavy (non-hydrogen) atoms. The van der Waals surface area contributed by atoms with Crippen molar-refractivity contribution in [3.63, 3.8) is 0 Å². The number of aromatic amines is 1. The highest BCUT2D eigenvalue weighted by atomic mass is 32.1. The number of rotatable bonds is 5. The van der Waals surface area contributed by atoms with Gasteiger partial charge in [-0.2, -0.15) is 10.1 Å². The minimum absolute atomic E-state index is 0.558. The average Bonchev–Trinajstić information content (AvgIpc) is 3.36. The smallest absolute Gasteiger partial charge is 0.217 e. The summed E-state index contributed by atoms with van der Waals surface area (Å²) in [7, 11) is 1.90. The van der Waals surface area contributed by atoms with Gasteiger partial charge in [-0.05, 0) is 23.9 Å². The molecule has 0 aliphatic carbocycles. The van der Waals surface area contributed by atoms with Crippen LogP contribution in [0.25, 0.3) is 23.2 Å². The second-order valence-electron chi connectivity index (χ2n) is 7.51. The summed E-state index contributed by atoms with van der Waals surface area (Å²) >= 11 is 5.45. The van der Waals surface area contributed by atoms with Gasteiger partial charge in [-0.1, -0.05) is 36.4 Å². The Hall–Kier alpha value is -3.37.